The summed E-state index contributed by atoms with van der Waals surface area (Å²) in [5.74, 6) is 4.96. The lowest BCUT2D eigenvalue weighted by molar-refractivity contribution is 1.30. The molecule has 0 radical (unpaired) electrons. The molecule has 0 spiro atoms. The van der Waals surface area contributed by atoms with Crippen molar-refractivity contribution >= 4 is 11.2 Å². The average molecular weight is 168 g/mol. The molecule has 2 heterocycles. The molecule has 0 amide bonds. The van der Waals surface area contributed by atoms with Crippen LogP contribution in [0, 0.1) is 23.2 Å². The van der Waals surface area contributed by atoms with Gasteiger partial charge in [0.05, 0.1) is 11.8 Å². The normalized spacial score (nSPS) is 8.85. The number of nitrogens with zero attached hydrogens (tertiary/aromatic N) is 3. The van der Waals surface area contributed by atoms with E-state index in [1.807, 2.05) is 0 Å². The van der Waals surface area contributed by atoms with E-state index in [1.54, 1.807) is 24.7 Å². The monoisotopic (exact) mass is 168 g/mol. The third-order valence-corrected chi connectivity index (χ3v) is 1.54. The molecule has 0 aromatic carbocycles. The van der Waals surface area contributed by atoms with Gasteiger partial charge in [0.15, 0.2) is 11.7 Å². The average Bonchev–Trinajstić information content (AvgIpc) is 2.61. The van der Waals surface area contributed by atoms with E-state index < -0.39 is 0 Å². The molecule has 60 valence electrons. The van der Waals surface area contributed by atoms with Crippen molar-refractivity contribution in [1.29, 1.82) is 5.26 Å². The highest BCUT2D eigenvalue weighted by Crippen LogP contribution is 2.06. The van der Waals surface area contributed by atoms with Gasteiger partial charge in [-0.15, -0.1) is 0 Å². The Kier molecular flexibility index (Phi) is 1.67. The Balaban J connectivity index is 2.56. The van der Waals surface area contributed by atoms with Crippen LogP contribution in [0.2, 0.25) is 0 Å². The summed E-state index contributed by atoms with van der Waals surface area (Å²) in [5, 5.41) is 8.24. The lowest BCUT2D eigenvalue weighted by atomic mass is 10.3. The van der Waals surface area contributed by atoms with Crippen LogP contribution in [0.1, 0.15) is 5.56 Å². The minimum absolute atomic E-state index is 0.655. The summed E-state index contributed by atoms with van der Waals surface area (Å²) < 4.78 is 0. The number of imidazole rings is 1. The Labute approximate surface area is 74.2 Å². The predicted molar refractivity (Wildman–Crippen MR) is 46.4 cm³/mol. The van der Waals surface area contributed by atoms with E-state index in [1.165, 1.54) is 0 Å². The van der Waals surface area contributed by atoms with E-state index in [2.05, 4.69) is 26.8 Å². The van der Waals surface area contributed by atoms with Crippen molar-refractivity contribution in [2.24, 2.45) is 0 Å². The first-order chi connectivity index (χ1) is 6.40. The quantitative estimate of drug-likeness (QED) is 0.592. The highest BCUT2D eigenvalue weighted by Gasteiger charge is 1.96. The first kappa shape index (κ1) is 7.33. The number of rotatable bonds is 0. The predicted octanol–water partition coefficient (Wildman–Crippen LogP) is 0.833. The molecule has 2 aromatic rings. The minimum Gasteiger partial charge on any atom is -0.343 e. The van der Waals surface area contributed by atoms with E-state index in [-0.39, 0.29) is 0 Å². The third kappa shape index (κ3) is 1.33. The van der Waals surface area contributed by atoms with Crippen molar-refractivity contribution in [2.45, 2.75) is 0 Å². The summed E-state index contributed by atoms with van der Waals surface area (Å²) in [4.78, 5) is 10.9. The number of H-pyrrole nitrogens is 1. The van der Waals surface area contributed by atoms with Crippen LogP contribution in [-0.2, 0) is 0 Å². The fourth-order valence-corrected chi connectivity index (χ4v) is 0.998. The van der Waals surface area contributed by atoms with Crippen molar-refractivity contribution in [3.8, 4) is 17.9 Å². The van der Waals surface area contributed by atoms with Gasteiger partial charge in [0.2, 0.25) is 0 Å². The van der Waals surface area contributed by atoms with Crippen LogP contribution in [0.4, 0.5) is 0 Å². The molecule has 1 N–H and O–H groups in total. The lowest BCUT2D eigenvalue weighted by Crippen LogP contribution is -1.79. The molecular formula is C9H4N4. The SMILES string of the molecule is N#CC#Cc1cnc2nc[nH]c2c1. The zero-order valence-corrected chi connectivity index (χ0v) is 6.57. The molecule has 0 atom stereocenters. The molecule has 0 fully saturated rings. The third-order valence-electron chi connectivity index (χ3n) is 1.54. The molecule has 0 saturated heterocycles. The Bertz CT molecular complexity index is 536. The van der Waals surface area contributed by atoms with Gasteiger partial charge in [0.25, 0.3) is 0 Å². The van der Waals surface area contributed by atoms with Crippen molar-refractivity contribution in [1.82, 2.24) is 15.0 Å². The van der Waals surface area contributed by atoms with Gasteiger partial charge in [-0.25, -0.2) is 9.97 Å². The summed E-state index contributed by atoms with van der Waals surface area (Å²) in [7, 11) is 0. The Morgan fingerprint density at radius 2 is 2.31 bits per heavy atom. The summed E-state index contributed by atoms with van der Waals surface area (Å²) in [5.41, 5.74) is 2.19. The fourth-order valence-electron chi connectivity index (χ4n) is 0.998. The highest BCUT2D eigenvalue weighted by molar-refractivity contribution is 5.71. The van der Waals surface area contributed by atoms with E-state index in [0.29, 0.717) is 11.2 Å². The number of hydrogen-bond donors (Lipinski definition) is 1. The standard InChI is InChI=1S/C9H4N4/c10-3-1-2-7-4-8-9(11-5-7)13-6-12-8/h4-6H,(H,11,12,13). The largest absolute Gasteiger partial charge is 0.343 e. The van der Waals surface area contributed by atoms with Crippen molar-refractivity contribution in [3.63, 3.8) is 0 Å². The number of fused-ring (bicyclic) bond motifs is 1. The highest BCUT2D eigenvalue weighted by atomic mass is 14.9. The smallest absolute Gasteiger partial charge is 0.177 e. The second-order valence-corrected chi connectivity index (χ2v) is 2.36. The van der Waals surface area contributed by atoms with E-state index in [4.69, 9.17) is 5.26 Å². The number of pyridine rings is 1. The van der Waals surface area contributed by atoms with E-state index >= 15 is 0 Å². The molecule has 2 rings (SSSR count). The number of aromatic amines is 1. The topological polar surface area (TPSA) is 65.4 Å². The molecule has 2 aromatic heterocycles. The van der Waals surface area contributed by atoms with Gasteiger partial charge in [-0.2, -0.15) is 5.26 Å². The van der Waals surface area contributed by atoms with Gasteiger partial charge < -0.3 is 4.98 Å². The van der Waals surface area contributed by atoms with Crippen LogP contribution in [-0.4, -0.2) is 15.0 Å². The number of nitrogens with one attached hydrogen (secondary N) is 1. The molecule has 4 nitrogen and oxygen atoms in total. The zero-order chi connectivity index (χ0) is 9.10. The van der Waals surface area contributed by atoms with Crippen LogP contribution in [0.25, 0.3) is 11.2 Å². The second-order valence-electron chi connectivity index (χ2n) is 2.36. The van der Waals surface area contributed by atoms with E-state index in [0.717, 1.165) is 5.52 Å². The van der Waals surface area contributed by atoms with Gasteiger partial charge in [-0.1, -0.05) is 0 Å². The fraction of sp³-hybridized carbons (Fsp3) is 0. The van der Waals surface area contributed by atoms with Crippen molar-refractivity contribution in [2.75, 3.05) is 0 Å². The maximum Gasteiger partial charge on any atom is 0.177 e. The molecule has 0 aliphatic rings. The maximum absolute atomic E-state index is 8.24. The van der Waals surface area contributed by atoms with Crippen LogP contribution in [0.5, 0.6) is 0 Å². The number of hydrogen-bond acceptors (Lipinski definition) is 3. The molecule has 0 aliphatic carbocycles. The molecule has 13 heavy (non-hydrogen) atoms. The Morgan fingerprint density at radius 3 is 3.15 bits per heavy atom. The van der Waals surface area contributed by atoms with Crippen LogP contribution in [0.15, 0.2) is 18.6 Å². The van der Waals surface area contributed by atoms with Crippen molar-refractivity contribution in [3.05, 3.63) is 24.2 Å². The molecular weight excluding hydrogens is 164 g/mol. The first-order valence-corrected chi connectivity index (χ1v) is 3.59. The summed E-state index contributed by atoms with van der Waals surface area (Å²) in [6.45, 7) is 0. The van der Waals surface area contributed by atoms with Gasteiger partial charge in [0.1, 0.15) is 0 Å². The molecule has 0 aliphatic heterocycles. The zero-order valence-electron chi connectivity index (χ0n) is 6.57. The second kappa shape index (κ2) is 2.96. The van der Waals surface area contributed by atoms with Crippen LogP contribution >= 0.6 is 0 Å². The first-order valence-electron chi connectivity index (χ1n) is 3.59. The van der Waals surface area contributed by atoms with E-state index in [9.17, 15) is 0 Å². The van der Waals surface area contributed by atoms with Gasteiger partial charge in [0, 0.05) is 17.7 Å². The Morgan fingerprint density at radius 1 is 1.38 bits per heavy atom. The minimum atomic E-state index is 0.655. The number of aromatic nitrogens is 3. The van der Waals surface area contributed by atoms with Crippen LogP contribution < -0.4 is 0 Å². The molecule has 0 saturated carbocycles. The lowest BCUT2D eigenvalue weighted by Gasteiger charge is -1.88. The van der Waals surface area contributed by atoms with Crippen LogP contribution in [0.3, 0.4) is 0 Å². The summed E-state index contributed by atoms with van der Waals surface area (Å²) in [6.07, 6.45) is 3.16. The summed E-state index contributed by atoms with van der Waals surface area (Å²) >= 11 is 0. The van der Waals surface area contributed by atoms with Gasteiger partial charge >= 0.3 is 0 Å². The summed E-state index contributed by atoms with van der Waals surface area (Å²) in [6, 6.07) is 3.55. The van der Waals surface area contributed by atoms with Gasteiger partial charge in [-0.05, 0) is 12.0 Å². The maximum atomic E-state index is 8.24. The van der Waals surface area contributed by atoms with Crippen molar-refractivity contribution < 1.29 is 0 Å². The molecule has 0 bridgehead atoms. The number of nitriles is 1. The molecule has 4 heteroatoms. The van der Waals surface area contributed by atoms with Gasteiger partial charge in [-0.3, -0.25) is 0 Å². The Hall–Kier alpha value is -2.33. The molecule has 0 unspecified atom stereocenters.